The molecule has 0 atom stereocenters. The second-order valence-corrected chi connectivity index (χ2v) is 8.38. The highest BCUT2D eigenvalue weighted by Crippen LogP contribution is 2.36. The maximum absolute atomic E-state index is 12.4. The molecule has 188 valence electrons. The van der Waals surface area contributed by atoms with Gasteiger partial charge >= 0.3 is 5.91 Å². The van der Waals surface area contributed by atoms with Gasteiger partial charge in [-0.1, -0.05) is 18.2 Å². The van der Waals surface area contributed by atoms with Crippen LogP contribution in [0.3, 0.4) is 0 Å². The molecule has 0 aliphatic carbocycles. The number of carbonyl (C=O) groups is 2. The first kappa shape index (κ1) is 25.4. The summed E-state index contributed by atoms with van der Waals surface area (Å²) in [6.45, 7) is -0.242. The van der Waals surface area contributed by atoms with Crippen molar-refractivity contribution in [3.05, 3.63) is 92.6 Å². The number of amides is 2. The lowest BCUT2D eigenvalue weighted by Gasteiger charge is -2.13. The predicted octanol–water partition coefficient (Wildman–Crippen LogP) is 4.89. The number of anilines is 1. The SMILES string of the molecule is COc1cc(/C=N\NC(=O)c2cc3cc([N+](=O)[O-])ccc3o2)cc(Br)c1OCC(=O)Nc1ccccc1. The van der Waals surface area contributed by atoms with Crippen LogP contribution in [0.15, 0.2) is 80.7 Å². The van der Waals surface area contributed by atoms with Crippen LogP contribution >= 0.6 is 15.9 Å². The third-order valence-electron chi connectivity index (χ3n) is 4.97. The van der Waals surface area contributed by atoms with Gasteiger partial charge in [-0.3, -0.25) is 19.7 Å². The molecular weight excluding hydrogens is 548 g/mol. The van der Waals surface area contributed by atoms with Gasteiger partial charge in [0.05, 0.1) is 22.7 Å². The van der Waals surface area contributed by atoms with Crippen LogP contribution in [0.1, 0.15) is 16.1 Å². The molecule has 0 aliphatic heterocycles. The van der Waals surface area contributed by atoms with Crippen LogP contribution < -0.4 is 20.2 Å². The highest BCUT2D eigenvalue weighted by molar-refractivity contribution is 9.10. The number of fused-ring (bicyclic) bond motifs is 1. The molecule has 37 heavy (non-hydrogen) atoms. The van der Waals surface area contributed by atoms with E-state index in [1.165, 1.54) is 37.6 Å². The molecule has 1 heterocycles. The number of para-hydroxylation sites is 1. The summed E-state index contributed by atoms with van der Waals surface area (Å²) >= 11 is 3.40. The van der Waals surface area contributed by atoms with Crippen molar-refractivity contribution in [2.24, 2.45) is 5.10 Å². The lowest BCUT2D eigenvalue weighted by atomic mass is 10.2. The van der Waals surface area contributed by atoms with Crippen molar-refractivity contribution in [1.82, 2.24) is 5.43 Å². The number of halogens is 1. The summed E-state index contributed by atoms with van der Waals surface area (Å²) in [4.78, 5) is 35.0. The molecule has 4 rings (SSSR count). The molecule has 2 N–H and O–H groups in total. The van der Waals surface area contributed by atoms with Crippen molar-refractivity contribution in [2.75, 3.05) is 19.0 Å². The summed E-state index contributed by atoms with van der Waals surface area (Å²) in [6, 6.07) is 17.7. The first-order valence-electron chi connectivity index (χ1n) is 10.7. The third-order valence-corrected chi connectivity index (χ3v) is 5.56. The van der Waals surface area contributed by atoms with Crippen LogP contribution in [0.25, 0.3) is 11.0 Å². The largest absolute Gasteiger partial charge is 0.493 e. The van der Waals surface area contributed by atoms with Crippen molar-refractivity contribution < 1.29 is 28.4 Å². The quantitative estimate of drug-likeness (QED) is 0.166. The molecule has 12 heteroatoms. The van der Waals surface area contributed by atoms with E-state index in [9.17, 15) is 19.7 Å². The van der Waals surface area contributed by atoms with Crippen molar-refractivity contribution in [3.63, 3.8) is 0 Å². The number of hydrogen-bond donors (Lipinski definition) is 2. The zero-order chi connectivity index (χ0) is 26.4. The number of rotatable bonds is 9. The van der Waals surface area contributed by atoms with E-state index in [1.807, 2.05) is 18.2 Å². The molecule has 2 amide bonds. The number of nitrogens with zero attached hydrogens (tertiary/aromatic N) is 2. The Morgan fingerprint density at radius 2 is 1.92 bits per heavy atom. The summed E-state index contributed by atoms with van der Waals surface area (Å²) in [5, 5.41) is 18.0. The minimum Gasteiger partial charge on any atom is -0.493 e. The molecule has 0 bridgehead atoms. The van der Waals surface area contributed by atoms with E-state index in [-0.39, 0.29) is 24.0 Å². The minimum atomic E-state index is -0.634. The van der Waals surface area contributed by atoms with E-state index >= 15 is 0 Å². The fraction of sp³-hybridized carbons (Fsp3) is 0.0800. The summed E-state index contributed by atoms with van der Waals surface area (Å²) in [7, 11) is 1.45. The summed E-state index contributed by atoms with van der Waals surface area (Å²) < 4.78 is 17.0. The van der Waals surface area contributed by atoms with Gasteiger partial charge in [0.25, 0.3) is 11.6 Å². The van der Waals surface area contributed by atoms with E-state index in [2.05, 4.69) is 31.8 Å². The number of benzene rings is 3. The average molecular weight is 567 g/mol. The van der Waals surface area contributed by atoms with Gasteiger partial charge in [0, 0.05) is 23.2 Å². The molecule has 0 saturated carbocycles. The van der Waals surface area contributed by atoms with Crippen LogP contribution in [0.2, 0.25) is 0 Å². The average Bonchev–Trinajstić information content (AvgIpc) is 3.32. The van der Waals surface area contributed by atoms with Crippen LogP contribution in [0.5, 0.6) is 11.5 Å². The van der Waals surface area contributed by atoms with Crippen LogP contribution in [-0.4, -0.2) is 36.7 Å². The van der Waals surface area contributed by atoms with Gasteiger partial charge in [-0.25, -0.2) is 5.43 Å². The third kappa shape index (κ3) is 6.30. The van der Waals surface area contributed by atoms with Gasteiger partial charge in [0.2, 0.25) is 0 Å². The molecule has 0 saturated heterocycles. The van der Waals surface area contributed by atoms with Crippen molar-refractivity contribution >= 4 is 56.3 Å². The first-order valence-corrected chi connectivity index (χ1v) is 11.5. The monoisotopic (exact) mass is 566 g/mol. The second-order valence-electron chi connectivity index (χ2n) is 7.53. The Balaban J connectivity index is 1.39. The number of ether oxygens (including phenoxy) is 2. The van der Waals surface area contributed by atoms with E-state index < -0.39 is 10.8 Å². The lowest BCUT2D eigenvalue weighted by Crippen LogP contribution is -2.20. The van der Waals surface area contributed by atoms with E-state index in [1.54, 1.807) is 24.3 Å². The number of hydrazone groups is 1. The maximum atomic E-state index is 12.4. The van der Waals surface area contributed by atoms with Gasteiger partial charge in [0.15, 0.2) is 23.9 Å². The Labute approximate surface area is 218 Å². The number of methoxy groups -OCH3 is 1. The van der Waals surface area contributed by atoms with Crippen molar-refractivity contribution in [3.8, 4) is 11.5 Å². The molecule has 0 aliphatic rings. The molecular formula is C25H19BrN4O7. The van der Waals surface area contributed by atoms with Crippen LogP contribution in [-0.2, 0) is 4.79 Å². The smallest absolute Gasteiger partial charge is 0.307 e. The zero-order valence-corrected chi connectivity index (χ0v) is 20.9. The Kier molecular flexibility index (Phi) is 7.79. The van der Waals surface area contributed by atoms with E-state index in [0.29, 0.717) is 38.2 Å². The molecule has 4 aromatic rings. The van der Waals surface area contributed by atoms with Crippen molar-refractivity contribution in [1.29, 1.82) is 0 Å². The fourth-order valence-corrected chi connectivity index (χ4v) is 3.86. The van der Waals surface area contributed by atoms with Gasteiger partial charge < -0.3 is 19.2 Å². The first-order chi connectivity index (χ1) is 17.8. The molecule has 0 unspecified atom stereocenters. The van der Waals surface area contributed by atoms with Gasteiger partial charge in [-0.2, -0.15) is 5.10 Å². The lowest BCUT2D eigenvalue weighted by molar-refractivity contribution is -0.384. The normalized spacial score (nSPS) is 10.9. The van der Waals surface area contributed by atoms with Gasteiger partial charge in [0.1, 0.15) is 5.58 Å². The molecule has 0 radical (unpaired) electrons. The molecule has 1 aromatic heterocycles. The summed E-state index contributed by atoms with van der Waals surface area (Å²) in [5.74, 6) is -0.361. The number of carbonyl (C=O) groups excluding carboxylic acids is 2. The Morgan fingerprint density at radius 3 is 2.65 bits per heavy atom. The number of hydrogen-bond acceptors (Lipinski definition) is 8. The zero-order valence-electron chi connectivity index (χ0n) is 19.3. The molecule has 3 aromatic carbocycles. The maximum Gasteiger partial charge on any atom is 0.307 e. The number of non-ortho nitro benzene ring substituents is 1. The van der Waals surface area contributed by atoms with Gasteiger partial charge in [-0.15, -0.1) is 0 Å². The molecule has 0 spiro atoms. The highest BCUT2D eigenvalue weighted by atomic mass is 79.9. The number of nitro groups is 1. The predicted molar refractivity (Wildman–Crippen MR) is 139 cm³/mol. The van der Waals surface area contributed by atoms with Crippen LogP contribution in [0, 0.1) is 10.1 Å². The van der Waals surface area contributed by atoms with Crippen molar-refractivity contribution in [2.45, 2.75) is 0 Å². The Bertz CT molecular complexity index is 1500. The van der Waals surface area contributed by atoms with E-state index in [4.69, 9.17) is 13.9 Å². The number of nitro benzene ring substituents is 1. The molecule has 11 nitrogen and oxygen atoms in total. The summed E-state index contributed by atoms with van der Waals surface area (Å²) in [6.07, 6.45) is 1.38. The second kappa shape index (κ2) is 11.4. The van der Waals surface area contributed by atoms with Crippen LogP contribution in [0.4, 0.5) is 11.4 Å². The topological polar surface area (TPSA) is 145 Å². The standard InChI is InChI=1S/C25H19BrN4O7/c1-35-21-10-15(9-19(26)24(21)36-14-23(31)28-17-5-3-2-4-6-17)13-27-29-25(32)22-12-16-11-18(30(33)34)7-8-20(16)37-22/h2-13H,14H2,1H3,(H,28,31)(H,29,32)/b27-13-. The van der Waals surface area contributed by atoms with E-state index in [0.717, 1.165) is 0 Å². The fourth-order valence-electron chi connectivity index (χ4n) is 3.29. The van der Waals surface area contributed by atoms with Gasteiger partial charge in [-0.05, 0) is 57.9 Å². The Morgan fingerprint density at radius 1 is 1.14 bits per heavy atom. The Hall–Kier alpha value is -4.71. The minimum absolute atomic E-state index is 0.0519. The molecule has 0 fully saturated rings. The highest BCUT2D eigenvalue weighted by Gasteiger charge is 2.16. The number of nitrogens with one attached hydrogen (secondary N) is 2. The summed E-state index contributed by atoms with van der Waals surface area (Å²) in [5.41, 5.74) is 3.78. The number of furan rings is 1.